The van der Waals surface area contributed by atoms with E-state index in [4.69, 9.17) is 11.6 Å². The number of carbonyl (C=O) groups excluding carboxylic acids is 3. The summed E-state index contributed by atoms with van der Waals surface area (Å²) in [5, 5.41) is 0.695. The highest BCUT2D eigenvalue weighted by molar-refractivity contribution is 6.35. The topological polar surface area (TPSA) is 60.9 Å². The summed E-state index contributed by atoms with van der Waals surface area (Å²) in [5.74, 6) is -0.931. The highest BCUT2D eigenvalue weighted by atomic mass is 35.5. The van der Waals surface area contributed by atoms with E-state index in [9.17, 15) is 14.4 Å². The van der Waals surface area contributed by atoms with Gasteiger partial charge < -0.3 is 14.7 Å². The molecule has 0 unspecified atom stereocenters. The van der Waals surface area contributed by atoms with Crippen LogP contribution in [0.4, 0.5) is 0 Å². The van der Waals surface area contributed by atoms with Gasteiger partial charge in [0.05, 0.1) is 0 Å². The molecule has 0 saturated carbocycles. The van der Waals surface area contributed by atoms with E-state index in [0.29, 0.717) is 37.7 Å². The van der Waals surface area contributed by atoms with Crippen molar-refractivity contribution in [3.8, 4) is 0 Å². The highest BCUT2D eigenvalue weighted by Crippen LogP contribution is 2.28. The van der Waals surface area contributed by atoms with Gasteiger partial charge in [-0.2, -0.15) is 0 Å². The minimum Gasteiger partial charge on any atom is -0.341 e. The van der Waals surface area contributed by atoms with Gasteiger partial charge in [0, 0.05) is 43.7 Å². The largest absolute Gasteiger partial charge is 0.341 e. The van der Waals surface area contributed by atoms with Gasteiger partial charge in [-0.05, 0) is 31.0 Å². The average molecular weight is 364 g/mol. The number of nitrogens with zero attached hydrogens (tertiary/aromatic N) is 3. The molecule has 1 aromatic rings. The maximum Gasteiger partial charge on any atom is 0.312 e. The van der Waals surface area contributed by atoms with Crippen molar-refractivity contribution < 1.29 is 14.4 Å². The molecule has 2 saturated heterocycles. The lowest BCUT2D eigenvalue weighted by atomic mass is 9.99. The van der Waals surface area contributed by atoms with Crippen molar-refractivity contribution in [2.24, 2.45) is 0 Å². The molecule has 2 aliphatic rings. The smallest absolute Gasteiger partial charge is 0.312 e. The van der Waals surface area contributed by atoms with Crippen LogP contribution in [0, 0.1) is 0 Å². The Bertz CT molecular complexity index is 694. The first-order chi connectivity index (χ1) is 12.0. The summed E-state index contributed by atoms with van der Waals surface area (Å²) in [5.41, 5.74) is 1.13. The molecule has 134 valence electrons. The van der Waals surface area contributed by atoms with E-state index in [2.05, 4.69) is 0 Å². The molecule has 0 aliphatic carbocycles. The van der Waals surface area contributed by atoms with Crippen LogP contribution in [0.1, 0.15) is 24.8 Å². The standard InChI is InChI=1S/C18H22ClN3O3/c1-2-20-8-9-22(18(25)17(20)24)12-16(23)21-7-6-14(11-21)13-4-3-5-15(19)10-13/h3-5,10,14H,2,6-9,11-12H2,1H3/t14-/m0/s1. The Hall–Kier alpha value is -2.08. The molecule has 6 nitrogen and oxygen atoms in total. The van der Waals surface area contributed by atoms with Crippen LogP contribution >= 0.6 is 11.6 Å². The molecule has 0 spiro atoms. The minimum absolute atomic E-state index is 0.0234. The molecule has 0 aromatic heterocycles. The molecular weight excluding hydrogens is 342 g/mol. The van der Waals surface area contributed by atoms with Crippen molar-refractivity contribution in [3.05, 3.63) is 34.9 Å². The predicted molar refractivity (Wildman–Crippen MR) is 94.2 cm³/mol. The maximum absolute atomic E-state index is 12.5. The van der Waals surface area contributed by atoms with E-state index >= 15 is 0 Å². The first-order valence-corrected chi connectivity index (χ1v) is 8.98. The number of benzene rings is 1. The van der Waals surface area contributed by atoms with Crippen molar-refractivity contribution in [1.29, 1.82) is 0 Å². The summed E-state index contributed by atoms with van der Waals surface area (Å²) < 4.78 is 0. The lowest BCUT2D eigenvalue weighted by Gasteiger charge is -2.33. The molecule has 0 N–H and O–H groups in total. The average Bonchev–Trinajstić information content (AvgIpc) is 3.09. The Labute approximate surface area is 152 Å². The van der Waals surface area contributed by atoms with Gasteiger partial charge in [-0.15, -0.1) is 0 Å². The molecule has 0 radical (unpaired) electrons. The Morgan fingerprint density at radius 1 is 1.16 bits per heavy atom. The fourth-order valence-corrected chi connectivity index (χ4v) is 3.65. The lowest BCUT2D eigenvalue weighted by Crippen LogP contribution is -2.56. The fourth-order valence-electron chi connectivity index (χ4n) is 3.45. The van der Waals surface area contributed by atoms with Crippen LogP contribution in [-0.2, 0) is 14.4 Å². The Morgan fingerprint density at radius 2 is 1.88 bits per heavy atom. The zero-order chi connectivity index (χ0) is 18.0. The van der Waals surface area contributed by atoms with E-state index in [0.717, 1.165) is 12.0 Å². The number of rotatable bonds is 4. The predicted octanol–water partition coefficient (Wildman–Crippen LogP) is 1.35. The summed E-state index contributed by atoms with van der Waals surface area (Å²) in [6, 6.07) is 7.71. The number of halogens is 1. The van der Waals surface area contributed by atoms with Crippen molar-refractivity contribution in [3.63, 3.8) is 0 Å². The number of carbonyl (C=O) groups is 3. The third kappa shape index (κ3) is 3.79. The fraction of sp³-hybridized carbons (Fsp3) is 0.500. The summed E-state index contributed by atoms with van der Waals surface area (Å²) in [6.07, 6.45) is 0.878. The number of likely N-dealkylation sites (N-methyl/N-ethyl adjacent to an activating group) is 1. The van der Waals surface area contributed by atoms with Gasteiger partial charge >= 0.3 is 11.8 Å². The maximum atomic E-state index is 12.5. The van der Waals surface area contributed by atoms with Crippen molar-refractivity contribution in [2.45, 2.75) is 19.3 Å². The first-order valence-electron chi connectivity index (χ1n) is 8.61. The summed E-state index contributed by atoms with van der Waals surface area (Å²) in [7, 11) is 0. The van der Waals surface area contributed by atoms with Crippen LogP contribution in [0.2, 0.25) is 5.02 Å². The Morgan fingerprint density at radius 3 is 2.60 bits per heavy atom. The van der Waals surface area contributed by atoms with Gasteiger partial charge in [0.2, 0.25) is 5.91 Å². The van der Waals surface area contributed by atoms with Crippen LogP contribution in [0.3, 0.4) is 0 Å². The Balaban J connectivity index is 1.58. The second kappa shape index (κ2) is 7.44. The molecule has 1 atom stereocenters. The third-order valence-electron chi connectivity index (χ3n) is 4.97. The lowest BCUT2D eigenvalue weighted by molar-refractivity contribution is -0.157. The molecule has 2 aliphatic heterocycles. The van der Waals surface area contributed by atoms with E-state index in [-0.39, 0.29) is 18.4 Å². The second-order valence-electron chi connectivity index (χ2n) is 6.49. The van der Waals surface area contributed by atoms with Gasteiger partial charge in [-0.25, -0.2) is 0 Å². The van der Waals surface area contributed by atoms with E-state index in [1.807, 2.05) is 31.2 Å². The third-order valence-corrected chi connectivity index (χ3v) is 5.20. The van der Waals surface area contributed by atoms with Crippen LogP contribution in [-0.4, -0.2) is 71.7 Å². The van der Waals surface area contributed by atoms with Crippen molar-refractivity contribution >= 4 is 29.3 Å². The molecule has 1 aromatic carbocycles. The van der Waals surface area contributed by atoms with Crippen LogP contribution in [0.25, 0.3) is 0 Å². The summed E-state index contributed by atoms with van der Waals surface area (Å²) in [6.45, 7) is 4.51. The van der Waals surface area contributed by atoms with Gasteiger partial charge in [0.25, 0.3) is 0 Å². The van der Waals surface area contributed by atoms with Crippen LogP contribution in [0.15, 0.2) is 24.3 Å². The van der Waals surface area contributed by atoms with Crippen LogP contribution < -0.4 is 0 Å². The quantitative estimate of drug-likeness (QED) is 0.759. The number of amides is 3. The molecule has 3 amide bonds. The summed E-state index contributed by atoms with van der Waals surface area (Å²) in [4.78, 5) is 41.2. The zero-order valence-corrected chi connectivity index (χ0v) is 15.0. The molecule has 2 fully saturated rings. The molecular formula is C18H22ClN3O3. The Kier molecular flexibility index (Phi) is 5.27. The van der Waals surface area contributed by atoms with Gasteiger partial charge in [-0.1, -0.05) is 23.7 Å². The van der Waals surface area contributed by atoms with Crippen molar-refractivity contribution in [1.82, 2.24) is 14.7 Å². The zero-order valence-electron chi connectivity index (χ0n) is 14.3. The molecule has 0 bridgehead atoms. The first kappa shape index (κ1) is 17.7. The molecule has 2 heterocycles. The van der Waals surface area contributed by atoms with Crippen LogP contribution in [0.5, 0.6) is 0 Å². The van der Waals surface area contributed by atoms with E-state index in [1.165, 1.54) is 9.80 Å². The number of likely N-dealkylation sites (tertiary alicyclic amines) is 1. The summed E-state index contributed by atoms with van der Waals surface area (Å²) >= 11 is 6.04. The van der Waals surface area contributed by atoms with E-state index < -0.39 is 11.8 Å². The second-order valence-corrected chi connectivity index (χ2v) is 6.93. The van der Waals surface area contributed by atoms with Gasteiger partial charge in [0.1, 0.15) is 6.54 Å². The minimum atomic E-state index is -0.577. The normalized spacial score (nSPS) is 21.2. The number of hydrogen-bond acceptors (Lipinski definition) is 3. The molecule has 3 rings (SSSR count). The monoisotopic (exact) mass is 363 g/mol. The number of piperazine rings is 1. The van der Waals surface area contributed by atoms with Gasteiger partial charge in [-0.3, -0.25) is 14.4 Å². The number of hydrogen-bond donors (Lipinski definition) is 0. The highest BCUT2D eigenvalue weighted by Gasteiger charge is 2.35. The van der Waals surface area contributed by atoms with E-state index in [1.54, 1.807) is 4.90 Å². The molecule has 25 heavy (non-hydrogen) atoms. The molecule has 7 heteroatoms. The van der Waals surface area contributed by atoms with Gasteiger partial charge in [0.15, 0.2) is 0 Å². The van der Waals surface area contributed by atoms with Crippen molar-refractivity contribution in [2.75, 3.05) is 39.3 Å². The SMILES string of the molecule is CCN1CCN(CC(=O)N2CC[C@H](c3cccc(Cl)c3)C2)C(=O)C1=O.